The number of aromatic nitrogens is 2. The fraction of sp³-hybridized carbons (Fsp3) is 0.133. The maximum Gasteiger partial charge on any atom is 0.0578 e. The molecule has 5 aromatic carbocycles. The van der Waals surface area contributed by atoms with Gasteiger partial charge in [-0.1, -0.05) is 72.8 Å². The number of fused-ring (bicyclic) bond motifs is 11. The van der Waals surface area contributed by atoms with Gasteiger partial charge in [-0.15, -0.1) is 0 Å². The van der Waals surface area contributed by atoms with Crippen LogP contribution in [0.1, 0.15) is 13.8 Å². The van der Waals surface area contributed by atoms with E-state index in [4.69, 9.17) is 0 Å². The molecule has 0 saturated heterocycles. The first-order chi connectivity index (χ1) is 15.8. The van der Waals surface area contributed by atoms with Crippen LogP contribution < -0.4 is 0 Å². The molecule has 32 heavy (non-hydrogen) atoms. The Morgan fingerprint density at radius 2 is 0.875 bits per heavy atom. The normalized spacial score (nSPS) is 12.3. The third kappa shape index (κ3) is 2.10. The highest BCUT2D eigenvalue weighted by atomic mass is 15.0. The highest BCUT2D eigenvalue weighted by Gasteiger charge is 2.18. The predicted molar refractivity (Wildman–Crippen MR) is 139 cm³/mol. The van der Waals surface area contributed by atoms with Crippen LogP contribution >= 0.6 is 0 Å². The Balaban J connectivity index is 1.86. The smallest absolute Gasteiger partial charge is 0.0578 e. The number of aryl methyl sites for hydroxylation is 2. The molecule has 0 bridgehead atoms. The van der Waals surface area contributed by atoms with Crippen LogP contribution in [0.4, 0.5) is 0 Å². The standard InChI is InChI=1S/C30H24N2/c1-3-31-25-11-7-5-9-21(25)23-17-15-19-13-14-20-16-18-24-22-10-6-8-12-26(22)32(4-2)30(24)28(20)27(19)29(23)31/h5-18H,3-4H2,1-2H3. The minimum atomic E-state index is 0.951. The van der Waals surface area contributed by atoms with Crippen molar-refractivity contribution in [3.8, 4) is 0 Å². The summed E-state index contributed by atoms with van der Waals surface area (Å²) < 4.78 is 5.01. The zero-order valence-corrected chi connectivity index (χ0v) is 18.4. The van der Waals surface area contributed by atoms with Gasteiger partial charge in [-0.2, -0.15) is 0 Å². The SMILES string of the molecule is CCn1c2ccccc2c2ccc3ccc4ccc5c6ccccc6n(CC)c5c4c3c21. The Hall–Kier alpha value is -3.78. The molecule has 0 atom stereocenters. The maximum absolute atomic E-state index is 2.50. The Morgan fingerprint density at radius 1 is 0.469 bits per heavy atom. The third-order valence-corrected chi connectivity index (χ3v) is 7.26. The van der Waals surface area contributed by atoms with Crippen molar-refractivity contribution in [2.45, 2.75) is 26.9 Å². The molecule has 0 amide bonds. The van der Waals surface area contributed by atoms with E-state index >= 15 is 0 Å². The molecule has 2 aromatic heterocycles. The topological polar surface area (TPSA) is 9.86 Å². The third-order valence-electron chi connectivity index (χ3n) is 7.26. The van der Waals surface area contributed by atoms with Crippen LogP contribution in [0.2, 0.25) is 0 Å². The molecule has 0 saturated carbocycles. The Morgan fingerprint density at radius 3 is 1.31 bits per heavy atom. The van der Waals surface area contributed by atoms with Crippen molar-refractivity contribution in [1.29, 1.82) is 0 Å². The number of benzene rings is 5. The van der Waals surface area contributed by atoms with Crippen molar-refractivity contribution in [3.63, 3.8) is 0 Å². The highest BCUT2D eigenvalue weighted by Crippen LogP contribution is 2.42. The van der Waals surface area contributed by atoms with Crippen LogP contribution in [0.5, 0.6) is 0 Å². The lowest BCUT2D eigenvalue weighted by molar-refractivity contribution is 0.828. The molecule has 0 spiro atoms. The summed E-state index contributed by atoms with van der Waals surface area (Å²) in [6, 6.07) is 31.5. The molecular formula is C30H24N2. The molecule has 2 heteroatoms. The quantitative estimate of drug-likeness (QED) is 0.253. The number of para-hydroxylation sites is 2. The molecular weight excluding hydrogens is 388 g/mol. The highest BCUT2D eigenvalue weighted by molar-refractivity contribution is 6.31. The number of rotatable bonds is 2. The lowest BCUT2D eigenvalue weighted by Crippen LogP contribution is -1.96. The van der Waals surface area contributed by atoms with E-state index in [1.807, 2.05) is 0 Å². The second kappa shape index (κ2) is 6.37. The monoisotopic (exact) mass is 412 g/mol. The maximum atomic E-state index is 2.50. The van der Waals surface area contributed by atoms with Gasteiger partial charge in [-0.3, -0.25) is 0 Å². The van der Waals surface area contributed by atoms with Crippen molar-refractivity contribution in [2.75, 3.05) is 0 Å². The fourth-order valence-electron chi connectivity index (χ4n) is 5.96. The first-order valence-corrected chi connectivity index (χ1v) is 11.6. The van der Waals surface area contributed by atoms with E-state index in [9.17, 15) is 0 Å². The zero-order valence-electron chi connectivity index (χ0n) is 18.4. The molecule has 0 aliphatic carbocycles. The van der Waals surface area contributed by atoms with E-state index in [0.29, 0.717) is 0 Å². The van der Waals surface area contributed by atoms with Gasteiger partial charge in [-0.25, -0.2) is 0 Å². The van der Waals surface area contributed by atoms with E-state index in [1.165, 1.54) is 65.2 Å². The van der Waals surface area contributed by atoms with Gasteiger partial charge in [0.2, 0.25) is 0 Å². The van der Waals surface area contributed by atoms with Crippen LogP contribution in [0.15, 0.2) is 84.9 Å². The van der Waals surface area contributed by atoms with Gasteiger partial charge in [0.1, 0.15) is 0 Å². The van der Waals surface area contributed by atoms with E-state index in [2.05, 4.69) is 108 Å². The molecule has 0 N–H and O–H groups in total. The van der Waals surface area contributed by atoms with Crippen LogP contribution in [0.25, 0.3) is 65.2 Å². The molecule has 7 rings (SSSR count). The van der Waals surface area contributed by atoms with Gasteiger partial charge < -0.3 is 9.13 Å². The largest absolute Gasteiger partial charge is 0.340 e. The van der Waals surface area contributed by atoms with Crippen molar-refractivity contribution < 1.29 is 0 Å². The van der Waals surface area contributed by atoms with Gasteiger partial charge in [0, 0.05) is 56.4 Å². The Bertz CT molecular complexity index is 1710. The van der Waals surface area contributed by atoms with Crippen molar-refractivity contribution in [3.05, 3.63) is 84.9 Å². The number of nitrogens with zero attached hydrogens (tertiary/aromatic N) is 2. The first kappa shape index (κ1) is 17.9. The number of hydrogen-bond donors (Lipinski definition) is 0. The molecule has 0 aliphatic rings. The molecule has 0 aliphatic heterocycles. The van der Waals surface area contributed by atoms with Gasteiger partial charge in [0.05, 0.1) is 11.0 Å². The summed E-state index contributed by atoms with van der Waals surface area (Å²) in [5.74, 6) is 0. The summed E-state index contributed by atoms with van der Waals surface area (Å²) in [4.78, 5) is 0. The van der Waals surface area contributed by atoms with Gasteiger partial charge in [0.25, 0.3) is 0 Å². The zero-order chi connectivity index (χ0) is 21.4. The van der Waals surface area contributed by atoms with Gasteiger partial charge in [-0.05, 0) is 36.8 Å². The van der Waals surface area contributed by atoms with Crippen LogP contribution in [-0.4, -0.2) is 9.13 Å². The molecule has 2 heterocycles. The van der Waals surface area contributed by atoms with Gasteiger partial charge >= 0.3 is 0 Å². The Kier molecular flexibility index (Phi) is 3.55. The molecule has 7 aromatic rings. The second-order valence-electron chi connectivity index (χ2n) is 8.71. The average molecular weight is 413 g/mol. The van der Waals surface area contributed by atoms with E-state index in [0.717, 1.165) is 13.1 Å². The minimum absolute atomic E-state index is 0.951. The lowest BCUT2D eigenvalue weighted by atomic mass is 9.97. The van der Waals surface area contributed by atoms with Crippen molar-refractivity contribution in [1.82, 2.24) is 9.13 Å². The van der Waals surface area contributed by atoms with E-state index < -0.39 is 0 Å². The summed E-state index contributed by atoms with van der Waals surface area (Å²) in [6.45, 7) is 6.42. The summed E-state index contributed by atoms with van der Waals surface area (Å²) in [7, 11) is 0. The number of hydrogen-bond acceptors (Lipinski definition) is 0. The first-order valence-electron chi connectivity index (χ1n) is 11.6. The minimum Gasteiger partial charge on any atom is -0.340 e. The van der Waals surface area contributed by atoms with Crippen LogP contribution in [0.3, 0.4) is 0 Å². The van der Waals surface area contributed by atoms with Crippen molar-refractivity contribution in [2.24, 2.45) is 0 Å². The molecule has 0 unspecified atom stereocenters. The molecule has 0 fully saturated rings. The molecule has 154 valence electrons. The Labute approximate surface area is 186 Å². The summed E-state index contributed by atoms with van der Waals surface area (Å²) >= 11 is 0. The molecule has 2 nitrogen and oxygen atoms in total. The van der Waals surface area contributed by atoms with E-state index in [-0.39, 0.29) is 0 Å². The summed E-state index contributed by atoms with van der Waals surface area (Å²) in [5.41, 5.74) is 5.35. The van der Waals surface area contributed by atoms with Crippen LogP contribution in [0, 0.1) is 0 Å². The van der Waals surface area contributed by atoms with Crippen molar-refractivity contribution >= 4 is 65.2 Å². The lowest BCUT2D eigenvalue weighted by Gasteiger charge is -2.13. The van der Waals surface area contributed by atoms with E-state index in [1.54, 1.807) is 0 Å². The van der Waals surface area contributed by atoms with Crippen LogP contribution in [-0.2, 0) is 13.1 Å². The second-order valence-corrected chi connectivity index (χ2v) is 8.71. The molecule has 0 radical (unpaired) electrons. The summed E-state index contributed by atoms with van der Waals surface area (Å²) in [5, 5.41) is 10.7. The van der Waals surface area contributed by atoms with Gasteiger partial charge in [0.15, 0.2) is 0 Å². The summed E-state index contributed by atoms with van der Waals surface area (Å²) in [6.07, 6.45) is 0. The predicted octanol–water partition coefficient (Wildman–Crippen LogP) is 8.25. The fourth-order valence-corrected chi connectivity index (χ4v) is 5.96. The average Bonchev–Trinajstić information content (AvgIpc) is 3.36.